The van der Waals surface area contributed by atoms with E-state index in [0.717, 1.165) is 4.90 Å². The molecule has 5 nitrogen and oxygen atoms in total. The fraction of sp³-hybridized carbons (Fsp3) is 0.273. The molecule has 0 aromatic heterocycles. The number of hydrogen-bond acceptors (Lipinski definition) is 4. The van der Waals surface area contributed by atoms with E-state index >= 15 is 0 Å². The van der Waals surface area contributed by atoms with Crippen molar-refractivity contribution in [3.05, 3.63) is 24.3 Å². The molecule has 0 bridgehead atoms. The summed E-state index contributed by atoms with van der Waals surface area (Å²) in [5.74, 6) is -0.541. The molecular formula is C11H10ClNO4S. The Kier molecular flexibility index (Phi) is 3.41. The maximum absolute atomic E-state index is 11.6. The van der Waals surface area contributed by atoms with E-state index in [2.05, 4.69) is 0 Å². The van der Waals surface area contributed by atoms with Gasteiger partial charge in [-0.1, -0.05) is 0 Å². The van der Waals surface area contributed by atoms with Crippen LogP contribution in [-0.4, -0.2) is 20.2 Å². The Morgan fingerprint density at radius 3 is 1.94 bits per heavy atom. The van der Waals surface area contributed by atoms with Crippen LogP contribution in [0.1, 0.15) is 19.3 Å². The van der Waals surface area contributed by atoms with Crippen LogP contribution < -0.4 is 4.90 Å². The number of carbonyl (C=O) groups is 2. The molecule has 0 unspecified atom stereocenters. The van der Waals surface area contributed by atoms with Crippen LogP contribution in [0.3, 0.4) is 0 Å². The van der Waals surface area contributed by atoms with Crippen molar-refractivity contribution in [1.29, 1.82) is 0 Å². The maximum Gasteiger partial charge on any atom is 0.261 e. The van der Waals surface area contributed by atoms with Gasteiger partial charge >= 0.3 is 0 Å². The summed E-state index contributed by atoms with van der Waals surface area (Å²) < 4.78 is 22.1. The van der Waals surface area contributed by atoms with E-state index in [1.165, 1.54) is 24.3 Å². The van der Waals surface area contributed by atoms with Crippen LogP contribution in [0.5, 0.6) is 0 Å². The third-order valence-corrected chi connectivity index (χ3v) is 4.03. The summed E-state index contributed by atoms with van der Waals surface area (Å²) in [6.45, 7) is 0. The molecule has 0 N–H and O–H groups in total. The van der Waals surface area contributed by atoms with Crippen molar-refractivity contribution < 1.29 is 18.0 Å². The Labute approximate surface area is 109 Å². The van der Waals surface area contributed by atoms with E-state index in [1.54, 1.807) is 0 Å². The van der Waals surface area contributed by atoms with Crippen LogP contribution in [-0.2, 0) is 18.6 Å². The Bertz CT molecular complexity index is 578. The second-order valence-electron chi connectivity index (χ2n) is 3.91. The van der Waals surface area contributed by atoms with Gasteiger partial charge in [-0.15, -0.1) is 0 Å². The van der Waals surface area contributed by atoms with Gasteiger partial charge in [0.1, 0.15) is 0 Å². The fourth-order valence-corrected chi connectivity index (χ4v) is 2.57. The number of hydrogen-bond donors (Lipinski definition) is 0. The zero-order valence-corrected chi connectivity index (χ0v) is 10.9. The predicted octanol–water partition coefficient (Wildman–Crippen LogP) is 1.66. The Morgan fingerprint density at radius 1 is 1.00 bits per heavy atom. The molecule has 0 aliphatic carbocycles. The molecule has 7 heteroatoms. The Balaban J connectivity index is 2.34. The number of benzene rings is 1. The zero-order valence-electron chi connectivity index (χ0n) is 9.30. The molecule has 0 atom stereocenters. The van der Waals surface area contributed by atoms with Crippen molar-refractivity contribution in [2.24, 2.45) is 0 Å². The van der Waals surface area contributed by atoms with Crippen molar-refractivity contribution in [1.82, 2.24) is 0 Å². The first-order valence-electron chi connectivity index (χ1n) is 5.30. The second-order valence-corrected chi connectivity index (χ2v) is 6.47. The molecule has 1 aromatic rings. The number of carbonyl (C=O) groups excluding carboxylic acids is 2. The van der Waals surface area contributed by atoms with Crippen LogP contribution in [0.15, 0.2) is 29.2 Å². The third-order valence-electron chi connectivity index (χ3n) is 2.66. The molecule has 1 aliphatic heterocycles. The molecule has 96 valence electrons. The monoisotopic (exact) mass is 287 g/mol. The van der Waals surface area contributed by atoms with Crippen LogP contribution in [0.4, 0.5) is 5.69 Å². The van der Waals surface area contributed by atoms with Gasteiger partial charge in [0.15, 0.2) is 0 Å². The van der Waals surface area contributed by atoms with E-state index in [-0.39, 0.29) is 16.7 Å². The maximum atomic E-state index is 11.6. The van der Waals surface area contributed by atoms with Crippen molar-refractivity contribution in [3.63, 3.8) is 0 Å². The first-order valence-corrected chi connectivity index (χ1v) is 7.61. The van der Waals surface area contributed by atoms with E-state index in [1.807, 2.05) is 0 Å². The number of nitrogens with zero attached hydrogens (tertiary/aromatic N) is 1. The summed E-state index contributed by atoms with van der Waals surface area (Å²) in [6, 6.07) is 5.34. The number of anilines is 1. The standard InChI is InChI=1S/C11H10ClNO4S/c12-18(16,17)9-6-4-8(5-7-9)13-10(14)2-1-3-11(13)15/h4-7H,1-3H2. The molecule has 2 amide bonds. The lowest BCUT2D eigenvalue weighted by molar-refractivity contribution is -0.129. The average Bonchev–Trinajstić information content (AvgIpc) is 2.28. The number of halogens is 1. The smallest absolute Gasteiger partial charge is 0.261 e. The largest absolute Gasteiger partial charge is 0.274 e. The second kappa shape index (κ2) is 4.70. The minimum absolute atomic E-state index is 0.0650. The lowest BCUT2D eigenvalue weighted by Gasteiger charge is -2.24. The molecule has 0 spiro atoms. The van der Waals surface area contributed by atoms with E-state index in [9.17, 15) is 18.0 Å². The molecular weight excluding hydrogens is 278 g/mol. The van der Waals surface area contributed by atoms with Crippen molar-refractivity contribution >= 4 is 37.2 Å². The Morgan fingerprint density at radius 2 is 1.50 bits per heavy atom. The van der Waals surface area contributed by atoms with E-state index in [0.29, 0.717) is 24.9 Å². The summed E-state index contributed by atoms with van der Waals surface area (Å²) in [4.78, 5) is 24.3. The van der Waals surface area contributed by atoms with Crippen LogP contribution >= 0.6 is 10.7 Å². The molecule has 2 rings (SSSR count). The SMILES string of the molecule is O=C1CCCC(=O)N1c1ccc(S(=O)(=O)Cl)cc1. The highest BCUT2D eigenvalue weighted by Gasteiger charge is 2.27. The number of imide groups is 1. The Hall–Kier alpha value is -1.40. The van der Waals surface area contributed by atoms with Crippen LogP contribution in [0, 0.1) is 0 Å². The molecule has 0 radical (unpaired) electrons. The highest BCUT2D eigenvalue weighted by molar-refractivity contribution is 8.13. The molecule has 0 saturated carbocycles. The van der Waals surface area contributed by atoms with Crippen molar-refractivity contribution in [2.45, 2.75) is 24.2 Å². The van der Waals surface area contributed by atoms with Gasteiger partial charge in [-0.05, 0) is 30.7 Å². The van der Waals surface area contributed by atoms with Crippen molar-refractivity contribution in [2.75, 3.05) is 4.90 Å². The summed E-state index contributed by atoms with van der Waals surface area (Å²) >= 11 is 0. The van der Waals surface area contributed by atoms with Crippen LogP contribution in [0.25, 0.3) is 0 Å². The van der Waals surface area contributed by atoms with Crippen molar-refractivity contribution in [3.8, 4) is 0 Å². The van der Waals surface area contributed by atoms with Gasteiger partial charge in [-0.3, -0.25) is 14.5 Å². The van der Waals surface area contributed by atoms with Gasteiger partial charge in [0, 0.05) is 23.5 Å². The summed E-state index contributed by atoms with van der Waals surface area (Å²) in [5.41, 5.74) is 0.369. The average molecular weight is 288 g/mol. The first kappa shape index (κ1) is 13.0. The normalized spacial score (nSPS) is 17.1. The van der Waals surface area contributed by atoms with Gasteiger partial charge in [-0.2, -0.15) is 0 Å². The lowest BCUT2D eigenvalue weighted by atomic mass is 10.1. The van der Waals surface area contributed by atoms with Gasteiger partial charge in [0.25, 0.3) is 9.05 Å². The minimum Gasteiger partial charge on any atom is -0.274 e. The summed E-state index contributed by atoms with van der Waals surface area (Å²) in [5, 5.41) is 0. The molecule has 1 saturated heterocycles. The quantitative estimate of drug-likeness (QED) is 0.612. The van der Waals surface area contributed by atoms with E-state index < -0.39 is 9.05 Å². The highest BCUT2D eigenvalue weighted by atomic mass is 35.7. The number of rotatable bonds is 2. The number of piperidine rings is 1. The van der Waals surface area contributed by atoms with Crippen LogP contribution in [0.2, 0.25) is 0 Å². The van der Waals surface area contributed by atoms with Gasteiger partial charge in [0.05, 0.1) is 10.6 Å². The topological polar surface area (TPSA) is 71.5 Å². The molecule has 1 heterocycles. The fourth-order valence-electron chi connectivity index (χ4n) is 1.80. The predicted molar refractivity (Wildman–Crippen MR) is 65.8 cm³/mol. The lowest BCUT2D eigenvalue weighted by Crippen LogP contribution is -2.40. The van der Waals surface area contributed by atoms with Gasteiger partial charge < -0.3 is 0 Å². The number of amides is 2. The minimum atomic E-state index is -3.79. The van der Waals surface area contributed by atoms with E-state index in [4.69, 9.17) is 10.7 Å². The third kappa shape index (κ3) is 2.54. The highest BCUT2D eigenvalue weighted by Crippen LogP contribution is 2.24. The van der Waals surface area contributed by atoms with Gasteiger partial charge in [-0.25, -0.2) is 8.42 Å². The molecule has 1 fully saturated rings. The summed E-state index contributed by atoms with van der Waals surface area (Å²) in [7, 11) is 1.39. The first-order chi connectivity index (χ1) is 8.39. The molecule has 1 aromatic carbocycles. The molecule has 1 aliphatic rings. The summed E-state index contributed by atoms with van der Waals surface area (Å²) in [6.07, 6.45) is 1.20. The van der Waals surface area contributed by atoms with Gasteiger partial charge in [0.2, 0.25) is 11.8 Å². The molecule has 18 heavy (non-hydrogen) atoms. The zero-order chi connectivity index (χ0) is 13.3.